The Bertz CT molecular complexity index is 999. The number of rotatable bonds is 7. The average molecular weight is 408 g/mol. The van der Waals surface area contributed by atoms with Gasteiger partial charge in [0, 0.05) is 11.5 Å². The van der Waals surface area contributed by atoms with Crippen molar-refractivity contribution >= 4 is 63.3 Å². The number of aliphatic carboxylic acids is 1. The number of para-hydroxylation sites is 1. The molecule has 9 heteroatoms. The van der Waals surface area contributed by atoms with E-state index in [0.29, 0.717) is 39.7 Å². The summed E-state index contributed by atoms with van der Waals surface area (Å²) in [6, 6.07) is 11.0. The first kappa shape index (κ1) is 20.7. The van der Waals surface area contributed by atoms with Crippen LogP contribution in [0.3, 0.4) is 0 Å². The number of non-ortho nitro benzene ring substituents is 1. The summed E-state index contributed by atoms with van der Waals surface area (Å²) in [4.78, 5) is 27.2. The first-order chi connectivity index (χ1) is 12.5. The van der Waals surface area contributed by atoms with Gasteiger partial charge in [-0.3, -0.25) is 10.1 Å². The van der Waals surface area contributed by atoms with E-state index in [9.17, 15) is 20.0 Å². The molecule has 0 unspecified atom stereocenters. The van der Waals surface area contributed by atoms with Crippen molar-refractivity contribution in [3.05, 3.63) is 52.6 Å². The van der Waals surface area contributed by atoms with Crippen molar-refractivity contribution in [1.29, 1.82) is 0 Å². The highest BCUT2D eigenvalue weighted by molar-refractivity contribution is 7.98. The van der Waals surface area contributed by atoms with Crippen LogP contribution < -0.4 is 5.32 Å². The lowest BCUT2D eigenvalue weighted by Crippen LogP contribution is -2.30. The van der Waals surface area contributed by atoms with Gasteiger partial charge >= 0.3 is 5.97 Å². The van der Waals surface area contributed by atoms with Gasteiger partial charge in [0.1, 0.15) is 11.4 Å². The molecule has 0 radical (unpaired) electrons. The molecule has 3 rings (SSSR count). The molecule has 142 valence electrons. The Morgan fingerprint density at radius 3 is 2.63 bits per heavy atom. The zero-order valence-electron chi connectivity index (χ0n) is 14.4. The molecule has 0 aliphatic rings. The molecule has 1 heterocycles. The third-order valence-electron chi connectivity index (χ3n) is 4.11. The number of fused-ring (bicyclic) bond motifs is 2. The number of nitro benzene ring substituents is 1. The van der Waals surface area contributed by atoms with Crippen LogP contribution in [-0.4, -0.2) is 39.0 Å². The second kappa shape index (κ2) is 8.88. The number of nitro groups is 1. The Morgan fingerprint density at radius 2 is 1.96 bits per heavy atom. The summed E-state index contributed by atoms with van der Waals surface area (Å²) in [7, 11) is 0. The molecule has 27 heavy (non-hydrogen) atoms. The van der Waals surface area contributed by atoms with Crippen LogP contribution in [0.15, 0.2) is 42.5 Å². The highest BCUT2D eigenvalue weighted by Gasteiger charge is 2.23. The second-order valence-electron chi connectivity index (χ2n) is 5.75. The van der Waals surface area contributed by atoms with Crippen LogP contribution >= 0.6 is 24.2 Å². The Kier molecular flexibility index (Phi) is 6.81. The minimum atomic E-state index is -0.994. The average Bonchev–Trinajstić information content (AvgIpc) is 2.63. The monoisotopic (exact) mass is 407 g/mol. The van der Waals surface area contributed by atoms with Gasteiger partial charge in [0.05, 0.1) is 21.6 Å². The fourth-order valence-corrected chi connectivity index (χ4v) is 3.37. The van der Waals surface area contributed by atoms with Crippen molar-refractivity contribution in [2.24, 2.45) is 0 Å². The summed E-state index contributed by atoms with van der Waals surface area (Å²) in [6.45, 7) is 0. The summed E-state index contributed by atoms with van der Waals surface area (Å²) in [6.07, 6.45) is 2.30. The van der Waals surface area contributed by atoms with Crippen molar-refractivity contribution in [2.75, 3.05) is 17.3 Å². The third kappa shape index (κ3) is 4.23. The molecule has 0 bridgehead atoms. The number of nitrogens with one attached hydrogen (secondary N) is 1. The standard InChI is InChI=1S/C18H17N3O4S.ClH/c1-26-10-9-14(18(22)23)20-17-11-5-2-3-6-12(11)19-13-7-4-8-15(16(13)17)21(24)25;/h2-8,14H,9-10H2,1H3,(H,19,20)(H,22,23);1H/t14-;/m0./s1. The number of thioether (sulfide) groups is 1. The highest BCUT2D eigenvalue weighted by Crippen LogP contribution is 2.37. The zero-order valence-corrected chi connectivity index (χ0v) is 16.0. The maximum atomic E-state index is 11.7. The van der Waals surface area contributed by atoms with Crippen LogP contribution in [0.5, 0.6) is 0 Å². The summed E-state index contributed by atoms with van der Waals surface area (Å²) in [5.74, 6) is -0.334. The number of aromatic nitrogens is 1. The van der Waals surface area contributed by atoms with Crippen molar-refractivity contribution in [1.82, 2.24) is 4.98 Å². The summed E-state index contributed by atoms with van der Waals surface area (Å²) in [5.41, 5.74) is 1.44. The van der Waals surface area contributed by atoms with Gasteiger partial charge in [-0.05, 0) is 30.6 Å². The Morgan fingerprint density at radius 1 is 1.26 bits per heavy atom. The Hall–Kier alpha value is -2.58. The van der Waals surface area contributed by atoms with E-state index in [1.165, 1.54) is 6.07 Å². The first-order valence-electron chi connectivity index (χ1n) is 7.97. The predicted octanol–water partition coefficient (Wildman–Crippen LogP) is 4.34. The largest absolute Gasteiger partial charge is 0.480 e. The summed E-state index contributed by atoms with van der Waals surface area (Å²) < 4.78 is 0. The Balaban J connectivity index is 0.00000261. The molecule has 0 saturated carbocycles. The zero-order chi connectivity index (χ0) is 18.7. The maximum absolute atomic E-state index is 11.7. The van der Waals surface area contributed by atoms with E-state index < -0.39 is 16.9 Å². The maximum Gasteiger partial charge on any atom is 0.326 e. The highest BCUT2D eigenvalue weighted by atomic mass is 35.5. The van der Waals surface area contributed by atoms with E-state index >= 15 is 0 Å². The van der Waals surface area contributed by atoms with E-state index in [-0.39, 0.29) is 18.1 Å². The molecule has 0 saturated heterocycles. The number of hydrogen-bond donors (Lipinski definition) is 2. The van der Waals surface area contributed by atoms with Crippen LogP contribution in [-0.2, 0) is 4.79 Å². The third-order valence-corrected chi connectivity index (χ3v) is 4.75. The van der Waals surface area contributed by atoms with Gasteiger partial charge in [-0.2, -0.15) is 11.8 Å². The minimum Gasteiger partial charge on any atom is -0.480 e. The van der Waals surface area contributed by atoms with Crippen molar-refractivity contribution in [3.8, 4) is 0 Å². The van der Waals surface area contributed by atoms with Crippen molar-refractivity contribution < 1.29 is 14.8 Å². The molecule has 2 aromatic carbocycles. The number of nitrogens with zero attached hydrogens (tertiary/aromatic N) is 2. The van der Waals surface area contributed by atoms with Gasteiger partial charge in [0.25, 0.3) is 5.69 Å². The van der Waals surface area contributed by atoms with Crippen molar-refractivity contribution in [2.45, 2.75) is 12.5 Å². The predicted molar refractivity (Wildman–Crippen MR) is 111 cm³/mol. The molecule has 1 atom stereocenters. The number of benzene rings is 2. The van der Waals surface area contributed by atoms with Crippen LogP contribution in [0.4, 0.5) is 11.4 Å². The van der Waals surface area contributed by atoms with E-state index in [0.717, 1.165) is 0 Å². The molecule has 7 nitrogen and oxygen atoms in total. The molecule has 3 aromatic rings. The van der Waals surface area contributed by atoms with Crippen molar-refractivity contribution in [3.63, 3.8) is 0 Å². The molecule has 1 aromatic heterocycles. The van der Waals surface area contributed by atoms with E-state index in [1.54, 1.807) is 42.1 Å². The molecule has 0 fully saturated rings. The fraction of sp³-hybridized carbons (Fsp3) is 0.222. The number of carboxylic acids is 1. The van der Waals surface area contributed by atoms with Gasteiger partial charge < -0.3 is 10.4 Å². The first-order valence-corrected chi connectivity index (χ1v) is 9.36. The van der Waals surface area contributed by atoms with Gasteiger partial charge in [-0.15, -0.1) is 12.4 Å². The van der Waals surface area contributed by atoms with Gasteiger partial charge in [-0.1, -0.05) is 24.3 Å². The number of carbonyl (C=O) groups is 1. The lowest BCUT2D eigenvalue weighted by atomic mass is 10.0. The number of pyridine rings is 1. The smallest absolute Gasteiger partial charge is 0.326 e. The van der Waals surface area contributed by atoms with E-state index in [4.69, 9.17) is 0 Å². The minimum absolute atomic E-state index is 0. The quantitative estimate of drug-likeness (QED) is 0.341. The fourth-order valence-electron chi connectivity index (χ4n) is 2.89. The van der Waals surface area contributed by atoms with Crippen LogP contribution in [0.1, 0.15) is 6.42 Å². The van der Waals surface area contributed by atoms with E-state index in [1.807, 2.05) is 12.3 Å². The lowest BCUT2D eigenvalue weighted by molar-refractivity contribution is -0.383. The molecular weight excluding hydrogens is 390 g/mol. The molecule has 0 spiro atoms. The summed E-state index contributed by atoms with van der Waals surface area (Å²) in [5, 5.41) is 25.1. The Labute approximate surface area is 165 Å². The molecule has 0 amide bonds. The van der Waals surface area contributed by atoms with Gasteiger partial charge in [0.15, 0.2) is 0 Å². The number of halogens is 1. The molecule has 0 aliphatic heterocycles. The van der Waals surface area contributed by atoms with E-state index in [2.05, 4.69) is 10.3 Å². The number of hydrogen-bond acceptors (Lipinski definition) is 6. The topological polar surface area (TPSA) is 105 Å². The second-order valence-corrected chi connectivity index (χ2v) is 6.73. The molecular formula is C18H18ClN3O4S. The normalized spacial score (nSPS) is 11.7. The van der Waals surface area contributed by atoms with Crippen LogP contribution in [0.2, 0.25) is 0 Å². The summed E-state index contributed by atoms with van der Waals surface area (Å²) >= 11 is 1.55. The lowest BCUT2D eigenvalue weighted by Gasteiger charge is -2.18. The van der Waals surface area contributed by atoms with Gasteiger partial charge in [-0.25, -0.2) is 9.78 Å². The molecule has 2 N–H and O–H groups in total. The van der Waals surface area contributed by atoms with Gasteiger partial charge in [0.2, 0.25) is 0 Å². The molecule has 0 aliphatic carbocycles. The SMILES string of the molecule is CSCC[C@H](Nc1c2ccccc2nc2cccc([N+](=O)[O-])c12)C(=O)O.Cl. The van der Waals surface area contributed by atoms with Crippen LogP contribution in [0.25, 0.3) is 21.8 Å². The van der Waals surface area contributed by atoms with Crippen LogP contribution in [0, 0.1) is 10.1 Å². The number of anilines is 1. The number of carboxylic acid groups (broad SMARTS) is 1.